The van der Waals surface area contributed by atoms with Gasteiger partial charge in [-0.2, -0.15) is 4.98 Å². The molecule has 3 rings (SSSR count). The van der Waals surface area contributed by atoms with Gasteiger partial charge in [0.25, 0.3) is 0 Å². The summed E-state index contributed by atoms with van der Waals surface area (Å²) >= 11 is 0. The average Bonchev–Trinajstić information content (AvgIpc) is 3.06. The van der Waals surface area contributed by atoms with E-state index < -0.39 is 0 Å². The smallest absolute Gasteiger partial charge is 0.226 e. The standard InChI is InChI=1S/C19H24FN3O2/c1-13(2)19-21-17(25-22-19)11-15-7-9-23(10-8-15)18(24)12-14-3-5-16(20)6-4-14/h3-6,13,15H,7-12H2,1-2H3. The Hall–Kier alpha value is -2.24. The number of nitrogens with zero attached hydrogens (tertiary/aromatic N) is 3. The lowest BCUT2D eigenvalue weighted by Crippen LogP contribution is -2.39. The van der Waals surface area contributed by atoms with Gasteiger partial charge in [-0.25, -0.2) is 4.39 Å². The van der Waals surface area contributed by atoms with Gasteiger partial charge in [0.2, 0.25) is 11.8 Å². The number of hydrogen-bond donors (Lipinski definition) is 0. The van der Waals surface area contributed by atoms with Gasteiger partial charge in [-0.1, -0.05) is 31.1 Å². The molecule has 0 bridgehead atoms. The van der Waals surface area contributed by atoms with Crippen molar-refractivity contribution in [2.24, 2.45) is 5.92 Å². The van der Waals surface area contributed by atoms with Crippen LogP contribution >= 0.6 is 0 Å². The van der Waals surface area contributed by atoms with Crippen molar-refractivity contribution in [2.45, 2.75) is 45.4 Å². The summed E-state index contributed by atoms with van der Waals surface area (Å²) in [5.41, 5.74) is 0.848. The van der Waals surface area contributed by atoms with E-state index >= 15 is 0 Å². The SMILES string of the molecule is CC(C)c1noc(CC2CCN(C(=O)Cc3ccc(F)cc3)CC2)n1. The Morgan fingerprint density at radius 1 is 1.28 bits per heavy atom. The van der Waals surface area contributed by atoms with Gasteiger partial charge in [-0.15, -0.1) is 0 Å². The molecule has 2 heterocycles. The van der Waals surface area contributed by atoms with Crippen molar-refractivity contribution in [3.63, 3.8) is 0 Å². The normalized spacial score (nSPS) is 15.8. The molecule has 0 aliphatic carbocycles. The van der Waals surface area contributed by atoms with Crippen molar-refractivity contribution >= 4 is 5.91 Å². The van der Waals surface area contributed by atoms with E-state index in [1.165, 1.54) is 12.1 Å². The molecule has 5 nitrogen and oxygen atoms in total. The first-order valence-corrected chi connectivity index (χ1v) is 8.86. The first-order chi connectivity index (χ1) is 12.0. The summed E-state index contributed by atoms with van der Waals surface area (Å²) in [6.07, 6.45) is 2.98. The second-order valence-electron chi connectivity index (χ2n) is 7.03. The van der Waals surface area contributed by atoms with E-state index in [1.807, 2.05) is 18.7 Å². The van der Waals surface area contributed by atoms with Gasteiger partial charge in [-0.3, -0.25) is 4.79 Å². The highest BCUT2D eigenvalue weighted by atomic mass is 19.1. The maximum Gasteiger partial charge on any atom is 0.226 e. The molecule has 0 radical (unpaired) electrons. The van der Waals surface area contributed by atoms with Crippen LogP contribution in [-0.4, -0.2) is 34.0 Å². The number of benzene rings is 1. The van der Waals surface area contributed by atoms with Gasteiger partial charge < -0.3 is 9.42 Å². The van der Waals surface area contributed by atoms with Crippen molar-refractivity contribution < 1.29 is 13.7 Å². The van der Waals surface area contributed by atoms with Crippen LogP contribution < -0.4 is 0 Å². The van der Waals surface area contributed by atoms with E-state index in [0.717, 1.165) is 43.7 Å². The minimum atomic E-state index is -0.279. The predicted molar refractivity (Wildman–Crippen MR) is 91.5 cm³/mol. The van der Waals surface area contributed by atoms with Gasteiger partial charge in [0, 0.05) is 25.4 Å². The summed E-state index contributed by atoms with van der Waals surface area (Å²) in [5, 5.41) is 4.00. The zero-order valence-electron chi connectivity index (χ0n) is 14.7. The molecule has 0 unspecified atom stereocenters. The van der Waals surface area contributed by atoms with Crippen LogP contribution in [0, 0.1) is 11.7 Å². The Labute approximate surface area is 147 Å². The molecule has 6 heteroatoms. The summed E-state index contributed by atoms with van der Waals surface area (Å²) in [6.45, 7) is 5.57. The van der Waals surface area contributed by atoms with Crippen LogP contribution in [0.4, 0.5) is 4.39 Å². The van der Waals surface area contributed by atoms with E-state index in [-0.39, 0.29) is 17.6 Å². The maximum absolute atomic E-state index is 12.9. The van der Waals surface area contributed by atoms with E-state index in [4.69, 9.17) is 4.52 Å². The summed E-state index contributed by atoms with van der Waals surface area (Å²) in [4.78, 5) is 18.7. The second kappa shape index (κ2) is 7.76. The molecule has 25 heavy (non-hydrogen) atoms. The van der Waals surface area contributed by atoms with Crippen LogP contribution in [0.15, 0.2) is 28.8 Å². The summed E-state index contributed by atoms with van der Waals surface area (Å²) in [5.74, 6) is 2.00. The monoisotopic (exact) mass is 345 g/mol. The molecule has 1 aliphatic heterocycles. The Kier molecular flexibility index (Phi) is 5.46. The number of likely N-dealkylation sites (tertiary alicyclic amines) is 1. The molecule has 1 amide bonds. The van der Waals surface area contributed by atoms with E-state index in [2.05, 4.69) is 10.1 Å². The van der Waals surface area contributed by atoms with Crippen LogP contribution in [0.1, 0.15) is 49.9 Å². The third-order valence-corrected chi connectivity index (χ3v) is 4.70. The highest BCUT2D eigenvalue weighted by Crippen LogP contribution is 2.22. The Morgan fingerprint density at radius 3 is 2.56 bits per heavy atom. The minimum Gasteiger partial charge on any atom is -0.342 e. The molecule has 0 atom stereocenters. The first kappa shape index (κ1) is 17.6. The fraction of sp³-hybridized carbons (Fsp3) is 0.526. The molecular formula is C19H24FN3O2. The fourth-order valence-electron chi connectivity index (χ4n) is 3.11. The van der Waals surface area contributed by atoms with Crippen molar-refractivity contribution in [3.05, 3.63) is 47.4 Å². The number of carbonyl (C=O) groups excluding carboxylic acids is 1. The summed E-state index contributed by atoms with van der Waals surface area (Å²) in [6, 6.07) is 6.12. The van der Waals surface area contributed by atoms with Gasteiger partial charge in [-0.05, 0) is 36.5 Å². The van der Waals surface area contributed by atoms with Crippen LogP contribution in [-0.2, 0) is 17.6 Å². The van der Waals surface area contributed by atoms with Gasteiger partial charge >= 0.3 is 0 Å². The molecule has 134 valence electrons. The topological polar surface area (TPSA) is 59.2 Å². The number of hydrogen-bond acceptors (Lipinski definition) is 4. The number of rotatable bonds is 5. The zero-order chi connectivity index (χ0) is 17.8. The number of amides is 1. The molecule has 1 aliphatic rings. The third kappa shape index (κ3) is 4.65. The Morgan fingerprint density at radius 2 is 1.96 bits per heavy atom. The molecule has 1 aromatic heterocycles. The lowest BCUT2D eigenvalue weighted by molar-refractivity contribution is -0.131. The lowest BCUT2D eigenvalue weighted by Gasteiger charge is -2.31. The van der Waals surface area contributed by atoms with Gasteiger partial charge in [0.15, 0.2) is 5.82 Å². The first-order valence-electron chi connectivity index (χ1n) is 8.86. The largest absolute Gasteiger partial charge is 0.342 e. The number of carbonyl (C=O) groups is 1. The molecule has 1 aromatic carbocycles. The molecule has 0 N–H and O–H groups in total. The number of piperidine rings is 1. The van der Waals surface area contributed by atoms with Crippen LogP contribution in [0.3, 0.4) is 0 Å². The molecule has 2 aromatic rings. The molecule has 0 spiro atoms. The van der Waals surface area contributed by atoms with Crippen molar-refractivity contribution in [1.29, 1.82) is 0 Å². The van der Waals surface area contributed by atoms with Gasteiger partial charge in [0.05, 0.1) is 6.42 Å². The summed E-state index contributed by atoms with van der Waals surface area (Å²) < 4.78 is 18.3. The van der Waals surface area contributed by atoms with Gasteiger partial charge in [0.1, 0.15) is 5.82 Å². The van der Waals surface area contributed by atoms with Crippen LogP contribution in [0.25, 0.3) is 0 Å². The van der Waals surface area contributed by atoms with Crippen LogP contribution in [0.5, 0.6) is 0 Å². The van der Waals surface area contributed by atoms with Crippen molar-refractivity contribution in [2.75, 3.05) is 13.1 Å². The molecule has 0 saturated carbocycles. The van der Waals surface area contributed by atoms with Crippen LogP contribution in [0.2, 0.25) is 0 Å². The molecule has 1 fully saturated rings. The van der Waals surface area contributed by atoms with E-state index in [1.54, 1.807) is 12.1 Å². The van der Waals surface area contributed by atoms with Crippen molar-refractivity contribution in [3.8, 4) is 0 Å². The van der Waals surface area contributed by atoms with Crippen molar-refractivity contribution in [1.82, 2.24) is 15.0 Å². The van der Waals surface area contributed by atoms with E-state index in [0.29, 0.717) is 18.2 Å². The zero-order valence-corrected chi connectivity index (χ0v) is 14.7. The molecule has 1 saturated heterocycles. The highest BCUT2D eigenvalue weighted by molar-refractivity contribution is 5.78. The third-order valence-electron chi connectivity index (χ3n) is 4.70. The fourth-order valence-corrected chi connectivity index (χ4v) is 3.11. The summed E-state index contributed by atoms with van der Waals surface area (Å²) in [7, 11) is 0. The highest BCUT2D eigenvalue weighted by Gasteiger charge is 2.24. The van der Waals surface area contributed by atoms with E-state index in [9.17, 15) is 9.18 Å². The Bertz CT molecular complexity index is 704. The maximum atomic E-state index is 12.9. The quantitative estimate of drug-likeness (QED) is 0.834. The lowest BCUT2D eigenvalue weighted by atomic mass is 9.93. The average molecular weight is 345 g/mol. The molecular weight excluding hydrogens is 321 g/mol. The predicted octanol–water partition coefficient (Wildman–Crippen LogP) is 3.36. The Balaban J connectivity index is 1.47. The minimum absolute atomic E-state index is 0.102. The number of aromatic nitrogens is 2. The second-order valence-corrected chi connectivity index (χ2v) is 7.03. The number of halogens is 1.